The fourth-order valence-electron chi connectivity index (χ4n) is 4.32. The summed E-state index contributed by atoms with van der Waals surface area (Å²) in [5.41, 5.74) is -1.37. The van der Waals surface area contributed by atoms with Crippen molar-refractivity contribution in [3.05, 3.63) is 88.6 Å². The molecule has 0 unspecified atom stereocenters. The molecule has 2 aromatic heterocycles. The molecule has 1 saturated carbocycles. The Morgan fingerprint density at radius 3 is 2.42 bits per heavy atom. The van der Waals surface area contributed by atoms with Crippen LogP contribution in [-0.2, 0) is 17.8 Å². The van der Waals surface area contributed by atoms with Gasteiger partial charge in [0.05, 0.1) is 21.8 Å². The van der Waals surface area contributed by atoms with Crippen molar-refractivity contribution >= 4 is 55.7 Å². The van der Waals surface area contributed by atoms with E-state index in [-0.39, 0.29) is 44.6 Å². The number of hydrogen-bond donors (Lipinski definition) is 2. The predicted molar refractivity (Wildman–Crippen MR) is 143 cm³/mol. The van der Waals surface area contributed by atoms with Crippen LogP contribution in [0.5, 0.6) is 0 Å². The predicted octanol–water partition coefficient (Wildman–Crippen LogP) is 2.95. The highest BCUT2D eigenvalue weighted by Gasteiger charge is 2.31. The highest BCUT2D eigenvalue weighted by atomic mass is 127. The number of halogens is 2. The van der Waals surface area contributed by atoms with Gasteiger partial charge in [-0.1, -0.05) is 6.07 Å². The monoisotopic (exact) mass is 622 g/mol. The van der Waals surface area contributed by atoms with Crippen molar-refractivity contribution in [3.8, 4) is 5.69 Å². The normalized spacial score (nSPS) is 13.5. The zero-order valence-electron chi connectivity index (χ0n) is 19.1. The molecule has 0 radical (unpaired) electrons. The zero-order chi connectivity index (χ0) is 25.9. The molecule has 9 nitrogen and oxygen atoms in total. The lowest BCUT2D eigenvalue weighted by atomic mass is 10.1. The number of rotatable bonds is 5. The summed E-state index contributed by atoms with van der Waals surface area (Å²) < 4.78 is 42.2. The summed E-state index contributed by atoms with van der Waals surface area (Å²) in [5.74, 6) is -0.550. The van der Waals surface area contributed by atoms with Gasteiger partial charge in [-0.2, -0.15) is 0 Å². The number of nitrogens with one attached hydrogen (secondary N) is 1. The highest BCUT2D eigenvalue weighted by molar-refractivity contribution is 14.1. The first kappa shape index (κ1) is 24.4. The van der Waals surface area contributed by atoms with E-state index in [1.54, 1.807) is 6.07 Å². The van der Waals surface area contributed by atoms with Gasteiger partial charge < -0.3 is 5.32 Å². The van der Waals surface area contributed by atoms with Gasteiger partial charge in [0.15, 0.2) is 10.7 Å². The van der Waals surface area contributed by atoms with Gasteiger partial charge in [-0.25, -0.2) is 17.6 Å². The van der Waals surface area contributed by atoms with E-state index in [9.17, 15) is 27.2 Å². The summed E-state index contributed by atoms with van der Waals surface area (Å²) in [6.07, 6.45) is 1.26. The Kier molecular flexibility index (Phi) is 6.11. The fraction of sp³-hybridized carbons (Fsp3) is 0.208. The number of anilines is 2. The molecule has 0 atom stereocenters. The van der Waals surface area contributed by atoms with E-state index < -0.39 is 33.3 Å². The molecule has 5 rings (SSSR count). The van der Waals surface area contributed by atoms with Gasteiger partial charge in [0, 0.05) is 22.2 Å². The second-order valence-corrected chi connectivity index (χ2v) is 10.9. The van der Waals surface area contributed by atoms with E-state index >= 15 is 0 Å². The topological polar surface area (TPSA) is 112 Å². The van der Waals surface area contributed by atoms with Crippen molar-refractivity contribution in [2.24, 2.45) is 7.05 Å². The van der Waals surface area contributed by atoms with Gasteiger partial charge in [0.1, 0.15) is 17.0 Å². The Labute approximate surface area is 218 Å². The zero-order valence-corrected chi connectivity index (χ0v) is 22.2. The van der Waals surface area contributed by atoms with Crippen LogP contribution in [-0.4, -0.2) is 22.1 Å². The molecular weight excluding hydrogens is 602 g/mol. The number of hydrogen-bond acceptors (Lipinski definition) is 6. The van der Waals surface area contributed by atoms with E-state index in [4.69, 9.17) is 0 Å². The number of aromatic nitrogens is 3. The molecule has 1 aliphatic carbocycles. The molecule has 186 valence electrons. The minimum absolute atomic E-state index is 0.0208. The molecule has 12 heteroatoms. The molecule has 1 aliphatic rings. The maximum atomic E-state index is 14.7. The smallest absolute Gasteiger partial charge is 0.336 e. The first-order valence-electron chi connectivity index (χ1n) is 11.0. The van der Waals surface area contributed by atoms with E-state index in [0.717, 1.165) is 4.57 Å². The first-order valence-corrected chi connectivity index (χ1v) is 13.2. The summed E-state index contributed by atoms with van der Waals surface area (Å²) in [6.45, 7) is 1.49. The number of thiol groups is 1. The Balaban J connectivity index is 1.95. The van der Waals surface area contributed by atoms with E-state index in [2.05, 4.69) is 5.32 Å². The van der Waals surface area contributed by atoms with Gasteiger partial charge in [-0.3, -0.25) is 23.3 Å². The summed E-state index contributed by atoms with van der Waals surface area (Å²) >= 11 is 1.97. The molecule has 4 aromatic rings. The lowest BCUT2D eigenvalue weighted by Crippen LogP contribution is -2.41. The summed E-state index contributed by atoms with van der Waals surface area (Å²) in [7, 11) is -1.48. The van der Waals surface area contributed by atoms with Crippen molar-refractivity contribution in [1.29, 1.82) is 0 Å². The summed E-state index contributed by atoms with van der Waals surface area (Å²) in [4.78, 5) is 40.7. The molecule has 0 saturated heterocycles. The van der Waals surface area contributed by atoms with E-state index in [0.29, 0.717) is 16.4 Å². The molecule has 0 aliphatic heterocycles. The Hall–Kier alpha value is -3.26. The maximum absolute atomic E-state index is 14.7. The molecule has 1 N–H and O–H groups in total. The molecule has 0 amide bonds. The highest BCUT2D eigenvalue weighted by Crippen LogP contribution is 2.34. The second kappa shape index (κ2) is 9.00. The second-order valence-electron chi connectivity index (χ2n) is 8.61. The van der Waals surface area contributed by atoms with Crippen LogP contribution in [0.25, 0.3) is 16.6 Å². The molecule has 1 fully saturated rings. The fourth-order valence-corrected chi connectivity index (χ4v) is 5.22. The lowest BCUT2D eigenvalue weighted by molar-refractivity contribution is 0.614. The van der Waals surface area contributed by atoms with Crippen molar-refractivity contribution in [1.82, 2.24) is 13.7 Å². The van der Waals surface area contributed by atoms with Crippen LogP contribution < -0.4 is 22.1 Å². The number of aryl methyl sites for hydroxylation is 1. The average Bonchev–Trinajstić information content (AvgIpc) is 3.67. The third-order valence-electron chi connectivity index (χ3n) is 6.24. The molecule has 0 bridgehead atoms. The van der Waals surface area contributed by atoms with E-state index in [1.165, 1.54) is 59.5 Å². The van der Waals surface area contributed by atoms with Crippen LogP contribution in [0.3, 0.4) is 0 Å². The Morgan fingerprint density at radius 2 is 1.78 bits per heavy atom. The maximum Gasteiger partial charge on any atom is 0.336 e. The largest absolute Gasteiger partial charge is 0.338 e. The van der Waals surface area contributed by atoms with Crippen molar-refractivity contribution < 1.29 is 12.8 Å². The lowest BCUT2D eigenvalue weighted by Gasteiger charge is -2.20. The SMILES string of the molecule is Cc1c(=O)n(C)c(Nc2ccc(I)cc2F)c2c(=O)n(C3CC3)c(=O)n(-c3cccc([SH](=O)=O)c3)c12. The average molecular weight is 622 g/mol. The number of fused-ring (bicyclic) bond motifs is 1. The third kappa shape index (κ3) is 3.97. The van der Waals surface area contributed by atoms with Crippen LogP contribution in [0.4, 0.5) is 15.9 Å². The number of pyridine rings is 1. The van der Waals surface area contributed by atoms with Gasteiger partial charge in [-0.05, 0) is 78.8 Å². The van der Waals surface area contributed by atoms with Crippen LogP contribution in [0.1, 0.15) is 24.4 Å². The quantitative estimate of drug-likeness (QED) is 0.262. The molecule has 36 heavy (non-hydrogen) atoms. The molecule has 2 aromatic carbocycles. The van der Waals surface area contributed by atoms with Crippen LogP contribution in [0.15, 0.2) is 61.7 Å². The first-order chi connectivity index (χ1) is 17.1. The Bertz CT molecular complexity index is 1830. The van der Waals surface area contributed by atoms with Crippen LogP contribution in [0, 0.1) is 16.3 Å². The van der Waals surface area contributed by atoms with Crippen molar-refractivity contribution in [3.63, 3.8) is 0 Å². The summed E-state index contributed by atoms with van der Waals surface area (Å²) in [5, 5.41) is 2.92. The minimum Gasteiger partial charge on any atom is -0.338 e. The van der Waals surface area contributed by atoms with Gasteiger partial charge in [-0.15, -0.1) is 0 Å². The van der Waals surface area contributed by atoms with Crippen LogP contribution >= 0.6 is 22.6 Å². The summed E-state index contributed by atoms with van der Waals surface area (Å²) in [6, 6.07) is 9.89. The van der Waals surface area contributed by atoms with Gasteiger partial charge in [0.25, 0.3) is 11.1 Å². The third-order valence-corrected chi connectivity index (χ3v) is 7.61. The number of benzene rings is 2. The van der Waals surface area contributed by atoms with Crippen molar-refractivity contribution in [2.75, 3.05) is 5.32 Å². The minimum atomic E-state index is -2.94. The molecule has 0 spiro atoms. The van der Waals surface area contributed by atoms with Gasteiger partial charge in [0.2, 0.25) is 0 Å². The molecular formula is C24H20FIN4O5S. The standard InChI is InChI=1S/C24H20FIN4O5S/c1-12-20-19(21(28(2)22(12)31)27-18-9-6-13(26)10-17(18)25)23(32)30(14-7-8-14)24(33)29(20)15-4-3-5-16(11-15)36(34)35/h3-6,9-11,14,27,36H,7-8H2,1-2H3. The van der Waals surface area contributed by atoms with E-state index in [1.807, 2.05) is 22.6 Å². The van der Waals surface area contributed by atoms with Crippen molar-refractivity contribution in [2.45, 2.75) is 30.7 Å². The van der Waals surface area contributed by atoms with Crippen LogP contribution in [0.2, 0.25) is 0 Å². The van der Waals surface area contributed by atoms with Gasteiger partial charge >= 0.3 is 5.69 Å². The number of nitrogens with zero attached hydrogens (tertiary/aromatic N) is 3. The Morgan fingerprint density at radius 1 is 1.06 bits per heavy atom. The molecule has 2 heterocycles.